The molecular weight excluding hydrogens is 192 g/mol. The van der Waals surface area contributed by atoms with Gasteiger partial charge in [0.15, 0.2) is 0 Å². The molecular formula is C12H14O3. The topological polar surface area (TPSA) is 35.5 Å². The minimum Gasteiger partial charge on any atom is -0.465 e. The minimum absolute atomic E-state index is 0.344. The van der Waals surface area contributed by atoms with Crippen molar-refractivity contribution in [1.82, 2.24) is 0 Å². The first-order valence-electron chi connectivity index (χ1n) is 4.55. The lowest BCUT2D eigenvalue weighted by atomic mass is 10.0. The monoisotopic (exact) mass is 206 g/mol. The summed E-state index contributed by atoms with van der Waals surface area (Å²) in [6.45, 7) is 4.15. The molecule has 0 saturated carbocycles. The van der Waals surface area contributed by atoms with Crippen LogP contribution in [0.5, 0.6) is 0 Å². The summed E-state index contributed by atoms with van der Waals surface area (Å²) in [5.41, 5.74) is 2.41. The number of carbonyl (C=O) groups excluding carboxylic acids is 1. The quantitative estimate of drug-likeness (QED) is 0.709. The zero-order valence-electron chi connectivity index (χ0n) is 8.95. The Hall–Kier alpha value is -1.61. The molecule has 1 aromatic carbocycles. The average molecular weight is 206 g/mol. The first-order chi connectivity index (χ1) is 7.22. The lowest BCUT2D eigenvalue weighted by molar-refractivity contribution is 0.0600. The van der Waals surface area contributed by atoms with E-state index in [4.69, 9.17) is 4.74 Å². The summed E-state index contributed by atoms with van der Waals surface area (Å²) in [7, 11) is 2.97. The molecule has 0 radical (unpaired) electrons. The molecule has 0 fully saturated rings. The van der Waals surface area contributed by atoms with Crippen molar-refractivity contribution in [2.75, 3.05) is 14.2 Å². The SMILES string of the molecule is C=Cc1ccc(C(=O)OC)cc1COC. The highest BCUT2D eigenvalue weighted by Crippen LogP contribution is 2.15. The van der Waals surface area contributed by atoms with Gasteiger partial charge in [-0.25, -0.2) is 4.79 Å². The molecule has 0 bridgehead atoms. The van der Waals surface area contributed by atoms with Crippen LogP contribution in [-0.2, 0) is 16.1 Å². The van der Waals surface area contributed by atoms with Crippen LogP contribution in [0, 0.1) is 0 Å². The Morgan fingerprint density at radius 3 is 2.73 bits per heavy atom. The molecule has 0 N–H and O–H groups in total. The smallest absolute Gasteiger partial charge is 0.337 e. The zero-order valence-corrected chi connectivity index (χ0v) is 8.95. The molecule has 0 saturated heterocycles. The molecule has 0 aromatic heterocycles. The number of ether oxygens (including phenoxy) is 2. The Balaban J connectivity index is 3.09. The van der Waals surface area contributed by atoms with E-state index < -0.39 is 0 Å². The van der Waals surface area contributed by atoms with Gasteiger partial charge in [-0.2, -0.15) is 0 Å². The summed E-state index contributed by atoms with van der Waals surface area (Å²) < 4.78 is 9.68. The van der Waals surface area contributed by atoms with E-state index in [0.29, 0.717) is 12.2 Å². The molecule has 0 aliphatic carbocycles. The van der Waals surface area contributed by atoms with Gasteiger partial charge >= 0.3 is 5.97 Å². The molecule has 0 aliphatic heterocycles. The zero-order chi connectivity index (χ0) is 11.3. The Bertz CT molecular complexity index is 369. The van der Waals surface area contributed by atoms with Crippen LogP contribution in [0.1, 0.15) is 21.5 Å². The molecule has 0 unspecified atom stereocenters. The second-order valence-electron chi connectivity index (χ2n) is 3.04. The number of methoxy groups -OCH3 is 2. The van der Waals surface area contributed by atoms with E-state index in [0.717, 1.165) is 11.1 Å². The van der Waals surface area contributed by atoms with Gasteiger partial charge in [-0.1, -0.05) is 18.7 Å². The summed E-state index contributed by atoms with van der Waals surface area (Å²) >= 11 is 0. The normalized spacial score (nSPS) is 9.73. The third kappa shape index (κ3) is 2.67. The van der Waals surface area contributed by atoms with Crippen molar-refractivity contribution in [3.05, 3.63) is 41.5 Å². The molecule has 1 rings (SSSR count). The highest BCUT2D eigenvalue weighted by Gasteiger charge is 2.08. The van der Waals surface area contributed by atoms with Gasteiger partial charge < -0.3 is 9.47 Å². The van der Waals surface area contributed by atoms with Crippen molar-refractivity contribution in [3.8, 4) is 0 Å². The highest BCUT2D eigenvalue weighted by molar-refractivity contribution is 5.89. The Morgan fingerprint density at radius 2 is 2.20 bits per heavy atom. The predicted molar refractivity (Wildman–Crippen MR) is 58.6 cm³/mol. The van der Waals surface area contributed by atoms with Crippen molar-refractivity contribution in [1.29, 1.82) is 0 Å². The molecule has 15 heavy (non-hydrogen) atoms. The fourth-order valence-corrected chi connectivity index (χ4v) is 1.33. The average Bonchev–Trinajstić information content (AvgIpc) is 2.28. The molecule has 3 nitrogen and oxygen atoms in total. The number of hydrogen-bond acceptors (Lipinski definition) is 3. The molecule has 0 heterocycles. The number of rotatable bonds is 4. The summed E-state index contributed by atoms with van der Waals surface area (Å²) in [5.74, 6) is -0.344. The van der Waals surface area contributed by atoms with Gasteiger partial charge in [0, 0.05) is 7.11 Å². The number of hydrogen-bond donors (Lipinski definition) is 0. The van der Waals surface area contributed by atoms with Gasteiger partial charge in [-0.05, 0) is 23.3 Å². The summed E-state index contributed by atoms with van der Waals surface area (Å²) in [6.07, 6.45) is 1.73. The summed E-state index contributed by atoms with van der Waals surface area (Å²) in [4.78, 5) is 11.3. The predicted octanol–water partition coefficient (Wildman–Crippen LogP) is 2.26. The molecule has 80 valence electrons. The van der Waals surface area contributed by atoms with E-state index >= 15 is 0 Å². The van der Waals surface area contributed by atoms with Crippen LogP contribution in [0.4, 0.5) is 0 Å². The molecule has 1 aromatic rings. The minimum atomic E-state index is -0.344. The summed E-state index contributed by atoms with van der Waals surface area (Å²) in [5, 5.41) is 0. The van der Waals surface area contributed by atoms with Crippen LogP contribution in [0.2, 0.25) is 0 Å². The van der Waals surface area contributed by atoms with Crippen molar-refractivity contribution < 1.29 is 14.3 Å². The van der Waals surface area contributed by atoms with Crippen LogP contribution in [0.15, 0.2) is 24.8 Å². The molecule has 0 amide bonds. The number of benzene rings is 1. The van der Waals surface area contributed by atoms with Crippen molar-refractivity contribution in [3.63, 3.8) is 0 Å². The molecule has 0 atom stereocenters. The van der Waals surface area contributed by atoms with E-state index in [1.54, 1.807) is 25.3 Å². The second-order valence-corrected chi connectivity index (χ2v) is 3.04. The van der Waals surface area contributed by atoms with Crippen molar-refractivity contribution in [2.45, 2.75) is 6.61 Å². The first-order valence-corrected chi connectivity index (χ1v) is 4.55. The maximum atomic E-state index is 11.3. The summed E-state index contributed by atoms with van der Waals surface area (Å²) in [6, 6.07) is 5.29. The lowest BCUT2D eigenvalue weighted by Gasteiger charge is -2.07. The lowest BCUT2D eigenvalue weighted by Crippen LogP contribution is -2.03. The van der Waals surface area contributed by atoms with E-state index in [9.17, 15) is 4.79 Å². The van der Waals surface area contributed by atoms with Gasteiger partial charge in [-0.3, -0.25) is 0 Å². The van der Waals surface area contributed by atoms with Gasteiger partial charge in [0.25, 0.3) is 0 Å². The second kappa shape index (κ2) is 5.32. The molecule has 0 aliphatic rings. The Kier molecular flexibility index (Phi) is 4.06. The van der Waals surface area contributed by atoms with Crippen LogP contribution in [0.25, 0.3) is 6.08 Å². The largest absolute Gasteiger partial charge is 0.465 e. The number of esters is 1. The fraction of sp³-hybridized carbons (Fsp3) is 0.250. The maximum absolute atomic E-state index is 11.3. The van der Waals surface area contributed by atoms with E-state index in [-0.39, 0.29) is 5.97 Å². The van der Waals surface area contributed by atoms with Crippen LogP contribution in [-0.4, -0.2) is 20.2 Å². The van der Waals surface area contributed by atoms with E-state index in [2.05, 4.69) is 11.3 Å². The van der Waals surface area contributed by atoms with Crippen molar-refractivity contribution >= 4 is 12.0 Å². The van der Waals surface area contributed by atoms with Gasteiger partial charge in [0.2, 0.25) is 0 Å². The maximum Gasteiger partial charge on any atom is 0.337 e. The van der Waals surface area contributed by atoms with Gasteiger partial charge in [0.1, 0.15) is 0 Å². The standard InChI is InChI=1S/C12H14O3/c1-4-9-5-6-10(12(13)15-3)7-11(9)8-14-2/h4-7H,1,8H2,2-3H3. The Morgan fingerprint density at radius 1 is 1.47 bits per heavy atom. The van der Waals surface area contributed by atoms with E-state index in [1.807, 2.05) is 6.07 Å². The molecule has 0 spiro atoms. The number of carbonyl (C=O) groups is 1. The van der Waals surface area contributed by atoms with Crippen molar-refractivity contribution in [2.24, 2.45) is 0 Å². The van der Waals surface area contributed by atoms with E-state index in [1.165, 1.54) is 7.11 Å². The third-order valence-corrected chi connectivity index (χ3v) is 2.08. The fourth-order valence-electron chi connectivity index (χ4n) is 1.33. The van der Waals surface area contributed by atoms with Gasteiger partial charge in [-0.15, -0.1) is 0 Å². The van der Waals surface area contributed by atoms with Crippen LogP contribution < -0.4 is 0 Å². The van der Waals surface area contributed by atoms with Gasteiger partial charge in [0.05, 0.1) is 19.3 Å². The first kappa shape index (κ1) is 11.5. The highest BCUT2D eigenvalue weighted by atomic mass is 16.5. The third-order valence-electron chi connectivity index (χ3n) is 2.08. The van der Waals surface area contributed by atoms with Crippen LogP contribution in [0.3, 0.4) is 0 Å². The Labute approximate surface area is 89.3 Å². The van der Waals surface area contributed by atoms with Crippen LogP contribution >= 0.6 is 0 Å². The molecule has 3 heteroatoms.